The van der Waals surface area contributed by atoms with Crippen molar-refractivity contribution in [1.29, 1.82) is 0 Å². The van der Waals surface area contributed by atoms with E-state index >= 15 is 0 Å². The number of rotatable bonds is 3. The summed E-state index contributed by atoms with van der Waals surface area (Å²) in [5.74, 6) is 3.11. The highest BCUT2D eigenvalue weighted by atomic mass is 17.2. The second kappa shape index (κ2) is 9.00. The first kappa shape index (κ1) is 20.4. The SMILES string of the molecule is C1CCC2NC3CCCC(OOC4CCCC5NC6CCCCC6CC54)C3CC2C1. The number of fused-ring (bicyclic) bond motifs is 4. The van der Waals surface area contributed by atoms with Crippen LogP contribution in [-0.4, -0.2) is 36.4 Å². The highest BCUT2D eigenvalue weighted by Gasteiger charge is 2.46. The molecule has 2 saturated heterocycles. The van der Waals surface area contributed by atoms with Crippen LogP contribution in [0.2, 0.25) is 0 Å². The first-order valence-electron chi connectivity index (χ1n) is 13.7. The molecular weight excluding hydrogens is 372 g/mol. The predicted molar refractivity (Wildman–Crippen MR) is 119 cm³/mol. The maximum absolute atomic E-state index is 6.39. The van der Waals surface area contributed by atoms with E-state index in [1.807, 2.05) is 0 Å². The Morgan fingerprint density at radius 2 is 0.867 bits per heavy atom. The van der Waals surface area contributed by atoms with Crippen molar-refractivity contribution in [1.82, 2.24) is 10.6 Å². The van der Waals surface area contributed by atoms with Crippen LogP contribution in [0.15, 0.2) is 0 Å². The highest BCUT2D eigenvalue weighted by molar-refractivity contribution is 5.00. The Balaban J connectivity index is 1.08. The normalized spacial score (nSPS) is 51.2. The number of hydrogen-bond acceptors (Lipinski definition) is 4. The third-order valence-electron chi connectivity index (χ3n) is 10.1. The number of nitrogens with one attached hydrogen (secondary N) is 2. The zero-order chi connectivity index (χ0) is 19.9. The van der Waals surface area contributed by atoms with Gasteiger partial charge in [0.15, 0.2) is 0 Å². The van der Waals surface area contributed by atoms with E-state index in [4.69, 9.17) is 9.78 Å². The summed E-state index contributed by atoms with van der Waals surface area (Å²) in [6, 6.07) is 2.92. The molecule has 2 aliphatic heterocycles. The van der Waals surface area contributed by atoms with E-state index in [0.29, 0.717) is 36.1 Å². The Hall–Kier alpha value is -0.160. The van der Waals surface area contributed by atoms with Crippen molar-refractivity contribution in [2.45, 2.75) is 139 Å². The summed E-state index contributed by atoms with van der Waals surface area (Å²) in [4.78, 5) is 12.8. The van der Waals surface area contributed by atoms with Gasteiger partial charge in [0.2, 0.25) is 0 Å². The number of piperidine rings is 2. The van der Waals surface area contributed by atoms with Crippen molar-refractivity contribution in [3.05, 3.63) is 0 Å². The molecule has 2 N–H and O–H groups in total. The minimum Gasteiger partial charge on any atom is -0.311 e. The lowest BCUT2D eigenvalue weighted by molar-refractivity contribution is -0.378. The molecule has 4 saturated carbocycles. The Morgan fingerprint density at radius 3 is 1.37 bits per heavy atom. The molecule has 4 nitrogen and oxygen atoms in total. The summed E-state index contributed by atoms with van der Waals surface area (Å²) in [5.41, 5.74) is 0. The van der Waals surface area contributed by atoms with Crippen LogP contribution in [0.4, 0.5) is 0 Å². The van der Waals surface area contributed by atoms with Crippen molar-refractivity contribution in [3.63, 3.8) is 0 Å². The molecule has 170 valence electrons. The molecule has 4 aliphatic carbocycles. The van der Waals surface area contributed by atoms with Gasteiger partial charge in [0, 0.05) is 36.0 Å². The molecule has 0 aromatic heterocycles. The van der Waals surface area contributed by atoms with Crippen LogP contribution in [0.3, 0.4) is 0 Å². The Bertz CT molecular complexity index is 535. The standard InChI is InChI=1S/C26H44N2O2/c1-3-9-21-17(7-1)15-19-23(27-21)11-5-13-25(19)29-30-26-14-6-12-24-20(26)16-18-8-2-4-10-22(18)28-24/h17-28H,1-16H2. The van der Waals surface area contributed by atoms with E-state index in [1.54, 1.807) is 0 Å². The van der Waals surface area contributed by atoms with Gasteiger partial charge >= 0.3 is 0 Å². The largest absolute Gasteiger partial charge is 0.311 e. The van der Waals surface area contributed by atoms with Gasteiger partial charge in [0.1, 0.15) is 0 Å². The summed E-state index contributed by atoms with van der Waals surface area (Å²) < 4.78 is 0. The molecule has 2 heterocycles. The molecule has 6 aliphatic rings. The molecular formula is C26H44N2O2. The molecule has 0 radical (unpaired) electrons. The highest BCUT2D eigenvalue weighted by Crippen LogP contribution is 2.44. The lowest BCUT2D eigenvalue weighted by Gasteiger charge is -2.50. The molecule has 30 heavy (non-hydrogen) atoms. The minimum absolute atomic E-state index is 0.318. The van der Waals surface area contributed by atoms with E-state index in [0.717, 1.165) is 23.9 Å². The lowest BCUT2D eigenvalue weighted by Crippen LogP contribution is -2.59. The van der Waals surface area contributed by atoms with Crippen molar-refractivity contribution in [2.75, 3.05) is 0 Å². The maximum atomic E-state index is 6.39. The van der Waals surface area contributed by atoms with Crippen LogP contribution in [0, 0.1) is 23.7 Å². The average Bonchev–Trinajstić information content (AvgIpc) is 2.80. The summed E-state index contributed by atoms with van der Waals surface area (Å²) in [6.45, 7) is 0. The molecule has 6 rings (SSSR count). The predicted octanol–water partition coefficient (Wildman–Crippen LogP) is 5.11. The first-order valence-corrected chi connectivity index (χ1v) is 13.7. The zero-order valence-corrected chi connectivity index (χ0v) is 18.9. The van der Waals surface area contributed by atoms with Crippen LogP contribution < -0.4 is 10.6 Å². The zero-order valence-electron chi connectivity index (χ0n) is 18.9. The van der Waals surface area contributed by atoms with E-state index in [2.05, 4.69) is 10.6 Å². The third kappa shape index (κ3) is 4.00. The second-order valence-corrected chi connectivity index (χ2v) is 11.8. The van der Waals surface area contributed by atoms with Crippen molar-refractivity contribution < 1.29 is 9.78 Å². The van der Waals surface area contributed by atoms with Gasteiger partial charge in [-0.2, -0.15) is 0 Å². The molecule has 4 heteroatoms. The minimum atomic E-state index is 0.318. The van der Waals surface area contributed by atoms with Gasteiger partial charge in [0.05, 0.1) is 12.2 Å². The van der Waals surface area contributed by atoms with Gasteiger partial charge in [-0.3, -0.25) is 0 Å². The monoisotopic (exact) mass is 416 g/mol. The van der Waals surface area contributed by atoms with Gasteiger partial charge in [-0.1, -0.05) is 25.7 Å². The summed E-state index contributed by atoms with van der Waals surface area (Å²) in [7, 11) is 0. The van der Waals surface area contributed by atoms with Gasteiger partial charge in [-0.05, 0) is 88.9 Å². The van der Waals surface area contributed by atoms with E-state index in [-0.39, 0.29) is 0 Å². The van der Waals surface area contributed by atoms with Crippen LogP contribution in [0.25, 0.3) is 0 Å². The molecule has 10 unspecified atom stereocenters. The van der Waals surface area contributed by atoms with Gasteiger partial charge in [-0.25, -0.2) is 9.78 Å². The Morgan fingerprint density at radius 1 is 0.433 bits per heavy atom. The molecule has 0 aromatic carbocycles. The fourth-order valence-electron chi connectivity index (χ4n) is 8.55. The maximum Gasteiger partial charge on any atom is 0.0973 e. The van der Waals surface area contributed by atoms with Gasteiger partial charge in [0.25, 0.3) is 0 Å². The van der Waals surface area contributed by atoms with E-state index < -0.39 is 0 Å². The third-order valence-corrected chi connectivity index (χ3v) is 10.1. The average molecular weight is 417 g/mol. The van der Waals surface area contributed by atoms with E-state index in [1.165, 1.54) is 103 Å². The quantitative estimate of drug-likeness (QED) is 0.495. The fraction of sp³-hybridized carbons (Fsp3) is 1.00. The first-order chi connectivity index (χ1) is 14.8. The van der Waals surface area contributed by atoms with Crippen LogP contribution in [0.5, 0.6) is 0 Å². The summed E-state index contributed by atoms with van der Waals surface area (Å²) >= 11 is 0. The fourth-order valence-corrected chi connectivity index (χ4v) is 8.55. The van der Waals surface area contributed by atoms with Crippen LogP contribution in [0.1, 0.15) is 103 Å². The van der Waals surface area contributed by atoms with E-state index in [9.17, 15) is 0 Å². The van der Waals surface area contributed by atoms with Crippen molar-refractivity contribution >= 4 is 0 Å². The van der Waals surface area contributed by atoms with Gasteiger partial charge in [-0.15, -0.1) is 0 Å². The van der Waals surface area contributed by atoms with Crippen molar-refractivity contribution in [3.8, 4) is 0 Å². The molecule has 6 fully saturated rings. The van der Waals surface area contributed by atoms with Crippen molar-refractivity contribution in [2.24, 2.45) is 23.7 Å². The summed E-state index contributed by atoms with van der Waals surface area (Å²) in [5, 5.41) is 8.11. The molecule has 0 aromatic rings. The Labute approximate surface area is 183 Å². The smallest absolute Gasteiger partial charge is 0.0973 e. The molecule has 10 atom stereocenters. The van der Waals surface area contributed by atoms with Gasteiger partial charge < -0.3 is 10.6 Å². The Kier molecular flexibility index (Phi) is 6.13. The topological polar surface area (TPSA) is 42.5 Å². The van der Waals surface area contributed by atoms with Crippen LogP contribution in [-0.2, 0) is 9.78 Å². The lowest BCUT2D eigenvalue weighted by atomic mass is 9.68. The molecule has 0 amide bonds. The van der Waals surface area contributed by atoms with Crippen LogP contribution >= 0.6 is 0 Å². The molecule has 0 bridgehead atoms. The molecule has 0 spiro atoms. The second-order valence-electron chi connectivity index (χ2n) is 11.8. The summed E-state index contributed by atoms with van der Waals surface area (Å²) in [6.07, 6.45) is 22.4. The number of hydrogen-bond donors (Lipinski definition) is 2.